The minimum atomic E-state index is -4.49. The first-order valence-electron chi connectivity index (χ1n) is 6.05. The molecule has 0 aromatic carbocycles. The fourth-order valence-electron chi connectivity index (χ4n) is 3.07. The molecule has 1 N–H and O–H groups in total. The van der Waals surface area contributed by atoms with Gasteiger partial charge in [-0.25, -0.2) is 0 Å². The van der Waals surface area contributed by atoms with Crippen LogP contribution in [0.4, 0.5) is 13.2 Å². The number of esters is 1. The Bertz CT molecular complexity index is 446. The third kappa shape index (κ3) is 1.66. The van der Waals surface area contributed by atoms with Crippen molar-refractivity contribution in [3.63, 3.8) is 0 Å². The summed E-state index contributed by atoms with van der Waals surface area (Å²) in [6.45, 7) is 3.66. The molecular formula is C12H16F3NO3. The molecule has 1 saturated carbocycles. The highest BCUT2D eigenvalue weighted by atomic mass is 19.4. The van der Waals surface area contributed by atoms with E-state index in [1.54, 1.807) is 20.8 Å². The van der Waals surface area contributed by atoms with Crippen LogP contribution >= 0.6 is 0 Å². The van der Waals surface area contributed by atoms with Crippen LogP contribution in [0.15, 0.2) is 0 Å². The maximum atomic E-state index is 12.2. The molecule has 1 saturated heterocycles. The van der Waals surface area contributed by atoms with Crippen molar-refractivity contribution in [2.45, 2.75) is 45.4 Å². The van der Waals surface area contributed by atoms with Gasteiger partial charge in [-0.15, -0.1) is 0 Å². The average Bonchev–Trinajstić information content (AvgIpc) is 2.55. The molecule has 1 aliphatic carbocycles. The Morgan fingerprint density at radius 1 is 1.32 bits per heavy atom. The number of nitrogens with one attached hydrogen (secondary N) is 1. The maximum Gasteiger partial charge on any atom is 0.405 e. The fraction of sp³-hybridized carbons (Fsp3) is 0.833. The summed E-state index contributed by atoms with van der Waals surface area (Å²) >= 11 is 0. The second-order valence-corrected chi connectivity index (χ2v) is 5.97. The number of carbonyl (C=O) groups is 2. The van der Waals surface area contributed by atoms with Gasteiger partial charge in [0.1, 0.15) is 6.54 Å². The lowest BCUT2D eigenvalue weighted by atomic mass is 9.66. The van der Waals surface area contributed by atoms with Crippen LogP contribution in [0.2, 0.25) is 0 Å². The van der Waals surface area contributed by atoms with Crippen LogP contribution < -0.4 is 5.32 Å². The van der Waals surface area contributed by atoms with E-state index in [1.165, 1.54) is 0 Å². The molecule has 1 amide bonds. The van der Waals surface area contributed by atoms with Crippen molar-refractivity contribution >= 4 is 11.9 Å². The van der Waals surface area contributed by atoms with Crippen LogP contribution in [0.3, 0.4) is 0 Å². The average molecular weight is 279 g/mol. The quantitative estimate of drug-likeness (QED) is 0.784. The Balaban J connectivity index is 2.25. The molecule has 4 nitrogen and oxygen atoms in total. The van der Waals surface area contributed by atoms with Crippen molar-refractivity contribution in [1.82, 2.24) is 5.32 Å². The summed E-state index contributed by atoms with van der Waals surface area (Å²) in [6.07, 6.45) is -3.79. The van der Waals surface area contributed by atoms with E-state index in [4.69, 9.17) is 4.74 Å². The van der Waals surface area contributed by atoms with Gasteiger partial charge >= 0.3 is 12.1 Å². The van der Waals surface area contributed by atoms with Crippen molar-refractivity contribution in [3.05, 3.63) is 0 Å². The maximum absolute atomic E-state index is 12.2. The van der Waals surface area contributed by atoms with Gasteiger partial charge in [0.25, 0.3) is 5.91 Å². The Hall–Kier alpha value is -1.27. The Kier molecular flexibility index (Phi) is 2.71. The number of alkyl halides is 3. The third-order valence-corrected chi connectivity index (χ3v) is 4.90. The minimum absolute atomic E-state index is 0.256. The van der Waals surface area contributed by atoms with Crippen LogP contribution in [0, 0.1) is 10.8 Å². The summed E-state index contributed by atoms with van der Waals surface area (Å²) in [5, 5.41) is 1.84. The van der Waals surface area contributed by atoms with Crippen LogP contribution in [-0.4, -0.2) is 30.2 Å². The standard InChI is InChI=1S/C12H16F3NO3/c1-9(2)10(3)4-5-11(9,19-8(10)18)7(17)16-6-12(13,14)15/h4-6H2,1-3H3,(H,16,17)/t10-,11+/m1/s1. The monoisotopic (exact) mass is 279 g/mol. The summed E-state index contributed by atoms with van der Waals surface area (Å²) < 4.78 is 41.7. The Morgan fingerprint density at radius 2 is 1.89 bits per heavy atom. The number of carbonyl (C=O) groups excluding carboxylic acids is 2. The van der Waals surface area contributed by atoms with Gasteiger partial charge in [-0.1, -0.05) is 13.8 Å². The molecule has 2 rings (SSSR count). The topological polar surface area (TPSA) is 55.4 Å². The van der Waals surface area contributed by atoms with Crippen LogP contribution in [0.25, 0.3) is 0 Å². The van der Waals surface area contributed by atoms with Gasteiger partial charge in [-0.2, -0.15) is 13.2 Å². The van der Waals surface area contributed by atoms with Gasteiger partial charge in [0, 0.05) is 5.41 Å². The van der Waals surface area contributed by atoms with Gasteiger partial charge in [0.15, 0.2) is 5.60 Å². The molecule has 0 spiro atoms. The lowest BCUT2D eigenvalue weighted by Gasteiger charge is -2.35. The largest absolute Gasteiger partial charge is 0.448 e. The van der Waals surface area contributed by atoms with Crippen molar-refractivity contribution in [3.8, 4) is 0 Å². The molecule has 2 aliphatic rings. The van der Waals surface area contributed by atoms with E-state index in [2.05, 4.69) is 0 Å². The summed E-state index contributed by atoms with van der Waals surface area (Å²) in [6, 6.07) is 0. The number of ether oxygens (including phenoxy) is 1. The summed E-state index contributed by atoms with van der Waals surface area (Å²) in [7, 11) is 0. The predicted molar refractivity (Wildman–Crippen MR) is 59.0 cm³/mol. The second-order valence-electron chi connectivity index (χ2n) is 5.97. The van der Waals surface area contributed by atoms with Gasteiger partial charge in [-0.3, -0.25) is 9.59 Å². The number of hydrogen-bond donors (Lipinski definition) is 1. The molecule has 2 fully saturated rings. The van der Waals surface area contributed by atoms with E-state index in [0.29, 0.717) is 6.42 Å². The van der Waals surface area contributed by atoms with E-state index >= 15 is 0 Å². The van der Waals surface area contributed by atoms with Gasteiger partial charge in [0.2, 0.25) is 0 Å². The van der Waals surface area contributed by atoms with Gasteiger partial charge in [-0.05, 0) is 19.8 Å². The first-order valence-corrected chi connectivity index (χ1v) is 6.05. The molecule has 0 radical (unpaired) electrons. The van der Waals surface area contributed by atoms with Crippen LogP contribution in [0.5, 0.6) is 0 Å². The van der Waals surface area contributed by atoms with E-state index in [0.717, 1.165) is 0 Å². The van der Waals surface area contributed by atoms with E-state index in [-0.39, 0.29) is 6.42 Å². The summed E-state index contributed by atoms with van der Waals surface area (Å²) in [4.78, 5) is 23.9. The van der Waals surface area contributed by atoms with Crippen molar-refractivity contribution in [2.24, 2.45) is 10.8 Å². The first kappa shape index (κ1) is 14.1. The molecule has 0 aromatic heterocycles. The number of rotatable bonds is 2. The highest BCUT2D eigenvalue weighted by Gasteiger charge is 2.75. The van der Waals surface area contributed by atoms with Crippen molar-refractivity contribution in [2.75, 3.05) is 6.54 Å². The lowest BCUT2D eigenvalue weighted by Crippen LogP contribution is -2.54. The molecule has 19 heavy (non-hydrogen) atoms. The third-order valence-electron chi connectivity index (χ3n) is 4.90. The minimum Gasteiger partial charge on any atom is -0.448 e. The van der Waals surface area contributed by atoms with E-state index in [1.807, 2.05) is 5.32 Å². The van der Waals surface area contributed by atoms with E-state index in [9.17, 15) is 22.8 Å². The SMILES string of the molecule is CC1(C)[C@@]2(C(=O)NCC(F)(F)F)CC[C@]1(C)C(=O)O2. The number of hydrogen-bond acceptors (Lipinski definition) is 3. The molecule has 0 aromatic rings. The predicted octanol–water partition coefficient (Wildman–Crippen LogP) is 1.79. The molecule has 2 atom stereocenters. The van der Waals surface area contributed by atoms with Gasteiger partial charge in [0.05, 0.1) is 5.41 Å². The zero-order valence-electron chi connectivity index (χ0n) is 11.0. The summed E-state index contributed by atoms with van der Waals surface area (Å²) in [5.41, 5.74) is -3.13. The highest BCUT2D eigenvalue weighted by molar-refractivity contribution is 5.96. The Labute approximate surface area is 108 Å². The fourth-order valence-corrected chi connectivity index (χ4v) is 3.07. The smallest absolute Gasteiger partial charge is 0.405 e. The molecule has 1 heterocycles. The highest BCUT2D eigenvalue weighted by Crippen LogP contribution is 2.65. The molecule has 0 unspecified atom stereocenters. The number of amides is 1. The summed E-state index contributed by atoms with van der Waals surface area (Å²) in [5.74, 6) is -1.37. The number of fused-ring (bicyclic) bond motifs is 2. The Morgan fingerprint density at radius 3 is 2.26 bits per heavy atom. The zero-order chi connectivity index (χ0) is 14.7. The molecular weight excluding hydrogens is 263 g/mol. The van der Waals surface area contributed by atoms with Gasteiger partial charge < -0.3 is 10.1 Å². The lowest BCUT2D eigenvalue weighted by molar-refractivity contribution is -0.171. The van der Waals surface area contributed by atoms with Crippen LogP contribution in [-0.2, 0) is 14.3 Å². The van der Waals surface area contributed by atoms with E-state index < -0.39 is 41.0 Å². The zero-order valence-corrected chi connectivity index (χ0v) is 11.0. The normalized spacial score (nSPS) is 36.2. The van der Waals surface area contributed by atoms with Crippen LogP contribution in [0.1, 0.15) is 33.6 Å². The van der Waals surface area contributed by atoms with Crippen molar-refractivity contribution in [1.29, 1.82) is 0 Å². The van der Waals surface area contributed by atoms with Crippen molar-refractivity contribution < 1.29 is 27.5 Å². The second kappa shape index (κ2) is 3.64. The first-order chi connectivity index (χ1) is 8.46. The molecule has 108 valence electrons. The molecule has 2 bridgehead atoms. The number of halogens is 3. The molecule has 7 heteroatoms. The molecule has 1 aliphatic heterocycles.